The van der Waals surface area contributed by atoms with E-state index in [1.54, 1.807) is 0 Å². The van der Waals surface area contributed by atoms with Crippen LogP contribution in [0.2, 0.25) is 0 Å². The quantitative estimate of drug-likeness (QED) is 0.459. The number of hydrogen-bond donors (Lipinski definition) is 1. The summed E-state index contributed by atoms with van der Waals surface area (Å²) >= 11 is 0. The lowest BCUT2D eigenvalue weighted by atomic mass is 10.0. The number of hydrogen-bond acceptors (Lipinski definition) is 4. The summed E-state index contributed by atoms with van der Waals surface area (Å²) in [6.45, 7) is 10.4. The van der Waals surface area contributed by atoms with Crippen molar-refractivity contribution in [3.63, 3.8) is 0 Å². The molecular formula is C16H26N4. The van der Waals surface area contributed by atoms with Gasteiger partial charge in [0.1, 0.15) is 0 Å². The molecule has 1 aromatic heterocycles. The minimum atomic E-state index is 0.566. The highest BCUT2D eigenvalue weighted by Crippen LogP contribution is 2.10. The number of anilines is 1. The number of aromatic nitrogens is 2. The molecule has 4 nitrogen and oxygen atoms in total. The number of hydrazone groups is 1. The zero-order valence-electron chi connectivity index (χ0n) is 13.3. The first-order valence-corrected chi connectivity index (χ1v) is 7.20. The van der Waals surface area contributed by atoms with Crippen molar-refractivity contribution in [2.45, 2.75) is 53.9 Å². The van der Waals surface area contributed by atoms with E-state index in [2.05, 4.69) is 47.3 Å². The maximum absolute atomic E-state index is 4.28. The van der Waals surface area contributed by atoms with Crippen LogP contribution in [0.15, 0.2) is 22.8 Å². The van der Waals surface area contributed by atoms with Gasteiger partial charge in [-0.15, -0.1) is 0 Å². The average molecular weight is 274 g/mol. The van der Waals surface area contributed by atoms with E-state index in [0.717, 1.165) is 24.2 Å². The van der Waals surface area contributed by atoms with Crippen molar-refractivity contribution >= 4 is 12.2 Å². The smallest absolute Gasteiger partial charge is 0.243 e. The van der Waals surface area contributed by atoms with E-state index in [1.165, 1.54) is 12.0 Å². The molecule has 1 rings (SSSR count). The van der Waals surface area contributed by atoms with Crippen LogP contribution in [0, 0.1) is 19.8 Å². The van der Waals surface area contributed by atoms with Gasteiger partial charge in [0.15, 0.2) is 0 Å². The Morgan fingerprint density at radius 1 is 1.30 bits per heavy atom. The van der Waals surface area contributed by atoms with Gasteiger partial charge in [0.2, 0.25) is 5.95 Å². The van der Waals surface area contributed by atoms with Crippen LogP contribution < -0.4 is 5.43 Å². The number of rotatable bonds is 7. The summed E-state index contributed by atoms with van der Waals surface area (Å²) < 4.78 is 0. The fraction of sp³-hybridized carbons (Fsp3) is 0.562. The van der Waals surface area contributed by atoms with Gasteiger partial charge in [0.05, 0.1) is 0 Å². The molecule has 0 aliphatic carbocycles. The highest BCUT2D eigenvalue weighted by Gasteiger charge is 1.99. The molecule has 0 amide bonds. The number of aryl methyl sites for hydroxylation is 2. The van der Waals surface area contributed by atoms with Crippen LogP contribution in [-0.4, -0.2) is 16.2 Å². The first kappa shape index (κ1) is 16.3. The Labute approximate surface area is 122 Å². The summed E-state index contributed by atoms with van der Waals surface area (Å²) in [7, 11) is 0. The van der Waals surface area contributed by atoms with Gasteiger partial charge in [0.25, 0.3) is 0 Å². The van der Waals surface area contributed by atoms with Crippen LogP contribution in [0.1, 0.15) is 51.4 Å². The van der Waals surface area contributed by atoms with Gasteiger partial charge in [-0.05, 0) is 58.9 Å². The first-order chi connectivity index (χ1) is 9.47. The normalized spacial score (nSPS) is 12.4. The number of nitrogens with zero attached hydrogens (tertiary/aromatic N) is 3. The Hall–Kier alpha value is -1.71. The van der Waals surface area contributed by atoms with E-state index in [0.29, 0.717) is 11.9 Å². The van der Waals surface area contributed by atoms with Gasteiger partial charge in [-0.3, -0.25) is 0 Å². The van der Waals surface area contributed by atoms with Crippen molar-refractivity contribution in [3.8, 4) is 0 Å². The van der Waals surface area contributed by atoms with Crippen molar-refractivity contribution in [3.05, 3.63) is 29.1 Å². The zero-order chi connectivity index (χ0) is 15.0. The topological polar surface area (TPSA) is 50.2 Å². The molecule has 0 saturated heterocycles. The van der Waals surface area contributed by atoms with Crippen molar-refractivity contribution in [1.29, 1.82) is 0 Å². The number of nitrogens with one attached hydrogen (secondary N) is 1. The largest absolute Gasteiger partial charge is 0.246 e. The Morgan fingerprint density at radius 3 is 2.55 bits per heavy atom. The predicted molar refractivity (Wildman–Crippen MR) is 86.1 cm³/mol. The molecule has 0 bridgehead atoms. The van der Waals surface area contributed by atoms with Gasteiger partial charge in [-0.25, -0.2) is 15.4 Å². The molecule has 0 aromatic carbocycles. The molecule has 0 saturated carbocycles. The van der Waals surface area contributed by atoms with Crippen molar-refractivity contribution in [1.82, 2.24) is 9.97 Å². The molecule has 0 aliphatic rings. The van der Waals surface area contributed by atoms with Crippen LogP contribution in [0.3, 0.4) is 0 Å². The molecule has 0 unspecified atom stereocenters. The van der Waals surface area contributed by atoms with Crippen LogP contribution in [-0.2, 0) is 0 Å². The van der Waals surface area contributed by atoms with Gasteiger partial charge >= 0.3 is 0 Å². The summed E-state index contributed by atoms with van der Waals surface area (Å²) in [6.07, 6.45) is 7.50. The average Bonchev–Trinajstić information content (AvgIpc) is 2.33. The van der Waals surface area contributed by atoms with Crippen molar-refractivity contribution < 1.29 is 0 Å². The van der Waals surface area contributed by atoms with E-state index < -0.39 is 0 Å². The van der Waals surface area contributed by atoms with Gasteiger partial charge < -0.3 is 0 Å². The molecule has 110 valence electrons. The van der Waals surface area contributed by atoms with Crippen LogP contribution in [0.5, 0.6) is 0 Å². The number of allylic oxidation sites excluding steroid dienone is 2. The summed E-state index contributed by atoms with van der Waals surface area (Å²) in [4.78, 5) is 8.55. The van der Waals surface area contributed by atoms with Gasteiger partial charge in [0, 0.05) is 17.6 Å². The van der Waals surface area contributed by atoms with Crippen molar-refractivity contribution in [2.75, 3.05) is 5.43 Å². The highest BCUT2D eigenvalue weighted by molar-refractivity contribution is 5.58. The Bertz CT molecular complexity index is 453. The standard InChI is InChI=1S/C16H26N4/c1-12(2)7-6-8-13(3)9-10-17-20-16-18-14(4)11-15(5)19-16/h7,10-11,13H,6,8-9H2,1-5H3,(H,18,19,20)/b17-10-/t13-/m0/s1. The summed E-state index contributed by atoms with van der Waals surface area (Å²) in [6, 6.07) is 1.94. The molecule has 1 heterocycles. The van der Waals surface area contributed by atoms with E-state index >= 15 is 0 Å². The molecule has 0 aliphatic heterocycles. The van der Waals surface area contributed by atoms with Crippen LogP contribution in [0.25, 0.3) is 0 Å². The van der Waals surface area contributed by atoms with Crippen LogP contribution >= 0.6 is 0 Å². The van der Waals surface area contributed by atoms with E-state index in [9.17, 15) is 0 Å². The minimum Gasteiger partial charge on any atom is -0.246 e. The second-order valence-electron chi connectivity index (χ2n) is 5.60. The molecular weight excluding hydrogens is 248 g/mol. The zero-order valence-corrected chi connectivity index (χ0v) is 13.3. The van der Waals surface area contributed by atoms with E-state index in [-0.39, 0.29) is 0 Å². The molecule has 1 aromatic rings. The van der Waals surface area contributed by atoms with Crippen LogP contribution in [0.4, 0.5) is 5.95 Å². The third kappa shape index (κ3) is 7.02. The fourth-order valence-electron chi connectivity index (χ4n) is 1.89. The first-order valence-electron chi connectivity index (χ1n) is 7.20. The second-order valence-corrected chi connectivity index (χ2v) is 5.60. The Morgan fingerprint density at radius 2 is 1.95 bits per heavy atom. The fourth-order valence-corrected chi connectivity index (χ4v) is 1.89. The monoisotopic (exact) mass is 274 g/mol. The highest BCUT2D eigenvalue weighted by atomic mass is 15.3. The Balaban J connectivity index is 2.32. The molecule has 20 heavy (non-hydrogen) atoms. The minimum absolute atomic E-state index is 0.566. The maximum atomic E-state index is 4.28. The lowest BCUT2D eigenvalue weighted by molar-refractivity contribution is 0.563. The molecule has 4 heteroatoms. The maximum Gasteiger partial charge on any atom is 0.243 e. The molecule has 1 atom stereocenters. The molecule has 0 spiro atoms. The van der Waals surface area contributed by atoms with E-state index in [1.807, 2.05) is 26.1 Å². The summed E-state index contributed by atoms with van der Waals surface area (Å²) in [5.41, 5.74) is 6.18. The lowest BCUT2D eigenvalue weighted by Gasteiger charge is -2.06. The third-order valence-corrected chi connectivity index (χ3v) is 2.96. The van der Waals surface area contributed by atoms with Gasteiger partial charge in [-0.1, -0.05) is 18.6 Å². The third-order valence-electron chi connectivity index (χ3n) is 2.96. The second kappa shape index (κ2) is 8.46. The summed E-state index contributed by atoms with van der Waals surface area (Å²) in [5.74, 6) is 1.20. The lowest BCUT2D eigenvalue weighted by Crippen LogP contribution is -2.01. The SMILES string of the molecule is CC(C)=CCC[C@H](C)C/C=N\Nc1nc(C)cc(C)n1. The summed E-state index contributed by atoms with van der Waals surface area (Å²) in [5, 5.41) is 4.19. The van der Waals surface area contributed by atoms with Gasteiger partial charge in [-0.2, -0.15) is 5.10 Å². The molecule has 0 radical (unpaired) electrons. The Kier molecular flexibility index (Phi) is 6.91. The van der Waals surface area contributed by atoms with E-state index in [4.69, 9.17) is 0 Å². The molecule has 0 fully saturated rings. The predicted octanol–water partition coefficient (Wildman–Crippen LogP) is 4.26. The molecule has 1 N–H and O–H groups in total. The van der Waals surface area contributed by atoms with Crippen molar-refractivity contribution in [2.24, 2.45) is 11.0 Å².